The maximum atomic E-state index is 11.9. The summed E-state index contributed by atoms with van der Waals surface area (Å²) < 4.78 is 45.1. The SMILES string of the molecule is FC(F)(F)C(Cl)=C1COCCO1. The molecule has 0 N–H and O–H groups in total. The van der Waals surface area contributed by atoms with Crippen LogP contribution in [0.25, 0.3) is 0 Å². The topological polar surface area (TPSA) is 18.5 Å². The summed E-state index contributed by atoms with van der Waals surface area (Å²) in [6.45, 7) is 0.200. The molecule has 0 unspecified atom stereocenters. The predicted molar refractivity (Wildman–Crippen MR) is 35.7 cm³/mol. The molecule has 70 valence electrons. The summed E-state index contributed by atoms with van der Waals surface area (Å²) in [5, 5.41) is -1.23. The Morgan fingerprint density at radius 1 is 1.33 bits per heavy atom. The van der Waals surface area contributed by atoms with Crippen LogP contribution in [0.15, 0.2) is 10.8 Å². The van der Waals surface area contributed by atoms with E-state index in [0.717, 1.165) is 0 Å². The van der Waals surface area contributed by atoms with Gasteiger partial charge in [0.25, 0.3) is 0 Å². The Balaban J connectivity index is 2.74. The van der Waals surface area contributed by atoms with E-state index in [1.54, 1.807) is 0 Å². The molecule has 1 aliphatic rings. The standard InChI is InChI=1S/C6H6ClF3O2/c7-5(6(8,9)10)4-3-11-1-2-12-4/h1-3H2. The van der Waals surface area contributed by atoms with E-state index in [4.69, 9.17) is 16.3 Å². The molecule has 1 heterocycles. The largest absolute Gasteiger partial charge is 0.491 e. The van der Waals surface area contributed by atoms with Crippen LogP contribution in [-0.2, 0) is 9.47 Å². The number of halogens is 4. The number of alkyl halides is 3. The van der Waals surface area contributed by atoms with Gasteiger partial charge in [-0.15, -0.1) is 0 Å². The van der Waals surface area contributed by atoms with E-state index in [2.05, 4.69) is 4.74 Å². The smallest absolute Gasteiger partial charge is 0.430 e. The lowest BCUT2D eigenvalue weighted by molar-refractivity contribution is -0.0921. The van der Waals surface area contributed by atoms with Crippen molar-refractivity contribution in [3.05, 3.63) is 10.8 Å². The van der Waals surface area contributed by atoms with Crippen molar-refractivity contribution in [2.24, 2.45) is 0 Å². The van der Waals surface area contributed by atoms with Crippen LogP contribution in [0.5, 0.6) is 0 Å². The van der Waals surface area contributed by atoms with Crippen LogP contribution in [-0.4, -0.2) is 26.0 Å². The molecule has 1 saturated heterocycles. The molecule has 12 heavy (non-hydrogen) atoms. The molecular weight excluding hydrogens is 197 g/mol. The summed E-state index contributed by atoms with van der Waals surface area (Å²) in [5.41, 5.74) is 0. The summed E-state index contributed by atoms with van der Waals surface area (Å²) in [7, 11) is 0. The minimum atomic E-state index is -4.54. The molecule has 0 radical (unpaired) electrons. The Labute approximate surface area is 71.9 Å². The Bertz CT molecular complexity index is 191. The van der Waals surface area contributed by atoms with Crippen molar-refractivity contribution in [3.63, 3.8) is 0 Å². The molecule has 1 rings (SSSR count). The van der Waals surface area contributed by atoms with Crippen LogP contribution < -0.4 is 0 Å². The number of rotatable bonds is 0. The molecule has 0 saturated carbocycles. The lowest BCUT2D eigenvalue weighted by Gasteiger charge is -2.18. The summed E-state index contributed by atoms with van der Waals surface area (Å²) >= 11 is 4.99. The molecule has 0 aromatic heterocycles. The second-order valence-corrected chi connectivity index (χ2v) is 2.51. The first kappa shape index (κ1) is 9.67. The van der Waals surface area contributed by atoms with Crippen molar-refractivity contribution in [3.8, 4) is 0 Å². The molecule has 0 aromatic rings. The molecule has 1 fully saturated rings. The van der Waals surface area contributed by atoms with Gasteiger partial charge in [-0.3, -0.25) is 0 Å². The Morgan fingerprint density at radius 3 is 2.42 bits per heavy atom. The third-order valence-corrected chi connectivity index (χ3v) is 1.66. The van der Waals surface area contributed by atoms with Gasteiger partial charge >= 0.3 is 6.18 Å². The van der Waals surface area contributed by atoms with Crippen LogP contribution >= 0.6 is 11.6 Å². The van der Waals surface area contributed by atoms with Gasteiger partial charge in [0, 0.05) is 0 Å². The van der Waals surface area contributed by atoms with Crippen LogP contribution in [0.3, 0.4) is 0 Å². The Kier molecular flexibility index (Phi) is 2.85. The summed E-state index contributed by atoms with van der Waals surface area (Å²) in [6, 6.07) is 0. The van der Waals surface area contributed by atoms with Crippen molar-refractivity contribution in [1.29, 1.82) is 0 Å². The van der Waals surface area contributed by atoms with Gasteiger partial charge in [0.2, 0.25) is 0 Å². The molecule has 2 nitrogen and oxygen atoms in total. The Morgan fingerprint density at radius 2 is 2.00 bits per heavy atom. The summed E-state index contributed by atoms with van der Waals surface area (Å²) in [4.78, 5) is 0. The molecular formula is C6H6ClF3O2. The summed E-state index contributed by atoms with van der Waals surface area (Å²) in [5.74, 6) is -0.338. The molecule has 0 aliphatic carbocycles. The second kappa shape index (κ2) is 3.53. The van der Waals surface area contributed by atoms with Crippen LogP contribution in [0.2, 0.25) is 0 Å². The molecule has 0 atom stereocenters. The van der Waals surface area contributed by atoms with Crippen LogP contribution in [0.1, 0.15) is 0 Å². The minimum Gasteiger partial charge on any atom is -0.491 e. The highest BCUT2D eigenvalue weighted by Gasteiger charge is 2.36. The van der Waals surface area contributed by atoms with Gasteiger partial charge < -0.3 is 9.47 Å². The van der Waals surface area contributed by atoms with E-state index >= 15 is 0 Å². The van der Waals surface area contributed by atoms with E-state index in [-0.39, 0.29) is 19.0 Å². The van der Waals surface area contributed by atoms with Gasteiger partial charge in [-0.2, -0.15) is 13.2 Å². The van der Waals surface area contributed by atoms with E-state index in [1.165, 1.54) is 0 Å². The zero-order valence-corrected chi connectivity index (χ0v) is 6.71. The lowest BCUT2D eigenvalue weighted by atomic mass is 10.4. The molecule has 0 spiro atoms. The number of hydrogen-bond acceptors (Lipinski definition) is 2. The first-order valence-electron chi connectivity index (χ1n) is 3.18. The van der Waals surface area contributed by atoms with Crippen molar-refractivity contribution < 1.29 is 22.6 Å². The first-order chi connectivity index (χ1) is 5.52. The zero-order valence-electron chi connectivity index (χ0n) is 5.95. The highest BCUT2D eigenvalue weighted by atomic mass is 35.5. The Hall–Kier alpha value is -0.420. The maximum Gasteiger partial charge on any atom is 0.430 e. The van der Waals surface area contributed by atoms with Gasteiger partial charge in [-0.25, -0.2) is 0 Å². The van der Waals surface area contributed by atoms with Crippen molar-refractivity contribution in [2.45, 2.75) is 6.18 Å². The number of ether oxygens (including phenoxy) is 2. The highest BCUT2D eigenvalue weighted by Crippen LogP contribution is 2.32. The van der Waals surface area contributed by atoms with Gasteiger partial charge in [0.15, 0.2) is 5.03 Å². The number of hydrogen-bond donors (Lipinski definition) is 0. The first-order valence-corrected chi connectivity index (χ1v) is 3.56. The van der Waals surface area contributed by atoms with E-state index in [9.17, 15) is 13.2 Å². The van der Waals surface area contributed by atoms with Gasteiger partial charge in [-0.1, -0.05) is 11.6 Å². The molecule has 0 amide bonds. The fraction of sp³-hybridized carbons (Fsp3) is 0.667. The number of allylic oxidation sites excluding steroid dienone is 1. The normalized spacial score (nSPS) is 23.3. The third kappa shape index (κ3) is 2.28. The van der Waals surface area contributed by atoms with Crippen molar-refractivity contribution in [2.75, 3.05) is 19.8 Å². The monoisotopic (exact) mass is 202 g/mol. The van der Waals surface area contributed by atoms with Crippen LogP contribution in [0, 0.1) is 0 Å². The van der Waals surface area contributed by atoms with Crippen molar-refractivity contribution >= 4 is 11.6 Å². The van der Waals surface area contributed by atoms with E-state index in [1.807, 2.05) is 0 Å². The van der Waals surface area contributed by atoms with Gasteiger partial charge in [0.1, 0.15) is 19.0 Å². The average Bonchev–Trinajstić information content (AvgIpc) is 2.03. The quantitative estimate of drug-likeness (QED) is 0.599. The van der Waals surface area contributed by atoms with Crippen LogP contribution in [0.4, 0.5) is 13.2 Å². The minimum absolute atomic E-state index is 0.113. The fourth-order valence-electron chi connectivity index (χ4n) is 0.715. The second-order valence-electron chi connectivity index (χ2n) is 2.14. The predicted octanol–water partition coefficient (Wildman–Crippen LogP) is 2.05. The molecule has 0 bridgehead atoms. The lowest BCUT2D eigenvalue weighted by Crippen LogP contribution is -2.20. The third-order valence-electron chi connectivity index (χ3n) is 1.23. The molecule has 1 aliphatic heterocycles. The average molecular weight is 203 g/mol. The molecule has 0 aromatic carbocycles. The van der Waals surface area contributed by atoms with Crippen molar-refractivity contribution in [1.82, 2.24) is 0 Å². The molecule has 6 heteroatoms. The van der Waals surface area contributed by atoms with E-state index in [0.29, 0.717) is 6.61 Å². The highest BCUT2D eigenvalue weighted by molar-refractivity contribution is 6.30. The fourth-order valence-corrected chi connectivity index (χ4v) is 0.824. The summed E-state index contributed by atoms with van der Waals surface area (Å²) in [6.07, 6.45) is -4.54. The zero-order chi connectivity index (χ0) is 9.19. The van der Waals surface area contributed by atoms with E-state index < -0.39 is 11.2 Å². The van der Waals surface area contributed by atoms with Gasteiger partial charge in [0.05, 0.1) is 6.61 Å². The maximum absolute atomic E-state index is 11.9. The van der Waals surface area contributed by atoms with Gasteiger partial charge in [-0.05, 0) is 0 Å².